The van der Waals surface area contributed by atoms with E-state index in [2.05, 4.69) is 15.3 Å². The number of hydrogen-bond donors (Lipinski definition) is 2. The lowest BCUT2D eigenvalue weighted by Gasteiger charge is -2.28. The van der Waals surface area contributed by atoms with Crippen molar-refractivity contribution in [3.63, 3.8) is 0 Å². The minimum Gasteiger partial charge on any atom is -0.497 e. The molecular weight excluding hydrogens is 354 g/mol. The molecule has 0 amide bonds. The molecule has 0 spiro atoms. The van der Waals surface area contributed by atoms with Crippen LogP contribution in [0.15, 0.2) is 45.5 Å². The molecule has 26 heavy (non-hydrogen) atoms. The SMILES string of the molecule is COC(=O)C1=C(C)Nc2nc(SC)[nH]c(=O)c2C1c1ccc(OC)cc1. The predicted molar refractivity (Wildman–Crippen MR) is 99.8 cm³/mol. The maximum Gasteiger partial charge on any atom is 0.336 e. The molecule has 3 rings (SSSR count). The lowest BCUT2D eigenvalue weighted by Crippen LogP contribution is -2.30. The average molecular weight is 373 g/mol. The van der Waals surface area contributed by atoms with E-state index in [1.165, 1.54) is 18.9 Å². The average Bonchev–Trinajstić information content (AvgIpc) is 2.66. The topological polar surface area (TPSA) is 93.3 Å². The molecule has 1 atom stereocenters. The van der Waals surface area contributed by atoms with E-state index in [-0.39, 0.29) is 5.56 Å². The van der Waals surface area contributed by atoms with Crippen LogP contribution in [0.5, 0.6) is 5.75 Å². The van der Waals surface area contributed by atoms with Crippen LogP contribution in [0.4, 0.5) is 5.82 Å². The third-order valence-corrected chi connectivity index (χ3v) is 4.85. The van der Waals surface area contributed by atoms with Crippen molar-refractivity contribution < 1.29 is 14.3 Å². The van der Waals surface area contributed by atoms with Crippen LogP contribution in [0.3, 0.4) is 0 Å². The van der Waals surface area contributed by atoms with Crippen molar-refractivity contribution in [2.24, 2.45) is 0 Å². The number of benzene rings is 1. The van der Waals surface area contributed by atoms with Gasteiger partial charge < -0.3 is 19.8 Å². The second-order valence-corrected chi connectivity index (χ2v) is 6.49. The fraction of sp³-hybridized carbons (Fsp3) is 0.278. The number of anilines is 1. The number of hydrogen-bond acceptors (Lipinski definition) is 7. The lowest BCUT2D eigenvalue weighted by atomic mass is 9.82. The molecule has 2 N–H and O–H groups in total. The Morgan fingerprint density at radius 1 is 1.23 bits per heavy atom. The van der Waals surface area contributed by atoms with Gasteiger partial charge in [0.15, 0.2) is 5.16 Å². The summed E-state index contributed by atoms with van der Waals surface area (Å²) in [6, 6.07) is 7.24. The van der Waals surface area contributed by atoms with Crippen molar-refractivity contribution in [1.29, 1.82) is 0 Å². The highest BCUT2D eigenvalue weighted by Gasteiger charge is 2.36. The number of fused-ring (bicyclic) bond motifs is 1. The molecule has 0 bridgehead atoms. The molecule has 0 aliphatic carbocycles. The molecule has 8 heteroatoms. The molecule has 0 radical (unpaired) electrons. The maximum absolute atomic E-state index is 12.8. The molecule has 136 valence electrons. The van der Waals surface area contributed by atoms with Crippen molar-refractivity contribution in [2.45, 2.75) is 18.0 Å². The van der Waals surface area contributed by atoms with E-state index in [9.17, 15) is 9.59 Å². The standard InChI is InChI=1S/C18H19N3O4S/c1-9-12(17(23)25-3)13(10-5-7-11(24-2)8-6-10)14-15(19-9)20-18(26-4)21-16(14)22/h5-8,13H,1-4H3,(H2,19,20,21,22). The third kappa shape index (κ3) is 3.08. The first-order valence-electron chi connectivity index (χ1n) is 7.88. The van der Waals surface area contributed by atoms with Gasteiger partial charge in [0.25, 0.3) is 5.56 Å². The fourth-order valence-electron chi connectivity index (χ4n) is 3.04. The number of esters is 1. The summed E-state index contributed by atoms with van der Waals surface area (Å²) in [5.74, 6) is 0.0589. The summed E-state index contributed by atoms with van der Waals surface area (Å²) in [5.41, 5.74) is 1.86. The number of nitrogens with one attached hydrogen (secondary N) is 2. The van der Waals surface area contributed by atoms with Crippen LogP contribution in [0.1, 0.15) is 24.0 Å². The highest BCUT2D eigenvalue weighted by molar-refractivity contribution is 7.98. The van der Waals surface area contributed by atoms with E-state index in [0.717, 1.165) is 5.56 Å². The number of H-pyrrole nitrogens is 1. The Kier molecular flexibility index (Phi) is 5.03. The van der Waals surface area contributed by atoms with Crippen LogP contribution in [0.2, 0.25) is 0 Å². The fourth-order valence-corrected chi connectivity index (χ4v) is 3.42. The van der Waals surface area contributed by atoms with Gasteiger partial charge in [-0.1, -0.05) is 23.9 Å². The first-order chi connectivity index (χ1) is 12.5. The van der Waals surface area contributed by atoms with E-state index in [1.54, 1.807) is 26.2 Å². The summed E-state index contributed by atoms with van der Waals surface area (Å²) in [6.07, 6.45) is 1.83. The van der Waals surface area contributed by atoms with E-state index < -0.39 is 11.9 Å². The summed E-state index contributed by atoms with van der Waals surface area (Å²) in [6.45, 7) is 1.77. The lowest BCUT2D eigenvalue weighted by molar-refractivity contribution is -0.136. The number of nitrogens with zero attached hydrogens (tertiary/aromatic N) is 1. The van der Waals surface area contributed by atoms with Crippen molar-refractivity contribution in [1.82, 2.24) is 9.97 Å². The number of carbonyl (C=O) groups excluding carboxylic acids is 1. The summed E-state index contributed by atoms with van der Waals surface area (Å²) >= 11 is 1.34. The molecule has 0 saturated carbocycles. The molecule has 2 aromatic rings. The minimum absolute atomic E-state index is 0.290. The molecular formula is C18H19N3O4S. The highest BCUT2D eigenvalue weighted by Crippen LogP contribution is 2.40. The number of methoxy groups -OCH3 is 2. The largest absolute Gasteiger partial charge is 0.497 e. The van der Waals surface area contributed by atoms with Crippen LogP contribution >= 0.6 is 11.8 Å². The van der Waals surface area contributed by atoms with Gasteiger partial charge in [0.1, 0.15) is 11.6 Å². The maximum atomic E-state index is 12.8. The monoisotopic (exact) mass is 373 g/mol. The van der Waals surface area contributed by atoms with Gasteiger partial charge in [0.2, 0.25) is 0 Å². The Bertz CT molecular complexity index is 934. The summed E-state index contributed by atoms with van der Waals surface area (Å²) in [4.78, 5) is 32.4. The van der Waals surface area contributed by atoms with Gasteiger partial charge in [0, 0.05) is 5.70 Å². The molecule has 0 fully saturated rings. The van der Waals surface area contributed by atoms with Crippen LogP contribution in [0, 0.1) is 0 Å². The summed E-state index contributed by atoms with van der Waals surface area (Å²) in [7, 11) is 2.90. The molecule has 1 aromatic carbocycles. The molecule has 1 aliphatic rings. The Labute approximate surface area is 154 Å². The normalized spacial score (nSPS) is 15.9. The Morgan fingerprint density at radius 3 is 2.50 bits per heavy atom. The van der Waals surface area contributed by atoms with Crippen molar-refractivity contribution in [2.75, 3.05) is 25.8 Å². The number of aromatic amines is 1. The second kappa shape index (κ2) is 7.25. The Balaban J connectivity index is 2.25. The third-order valence-electron chi connectivity index (χ3n) is 4.27. The van der Waals surface area contributed by atoms with E-state index in [0.29, 0.717) is 33.6 Å². The first kappa shape index (κ1) is 18.1. The van der Waals surface area contributed by atoms with Crippen LogP contribution in [-0.2, 0) is 9.53 Å². The Hall–Kier alpha value is -2.74. The van der Waals surface area contributed by atoms with Gasteiger partial charge in [-0.15, -0.1) is 0 Å². The smallest absolute Gasteiger partial charge is 0.336 e. The number of aromatic nitrogens is 2. The molecule has 2 heterocycles. The van der Waals surface area contributed by atoms with Gasteiger partial charge in [-0.3, -0.25) is 4.79 Å². The molecule has 0 saturated heterocycles. The zero-order valence-electron chi connectivity index (χ0n) is 14.9. The molecule has 1 unspecified atom stereocenters. The Morgan fingerprint density at radius 2 is 1.92 bits per heavy atom. The van der Waals surface area contributed by atoms with E-state index in [1.807, 2.05) is 18.4 Å². The zero-order valence-corrected chi connectivity index (χ0v) is 15.7. The number of ether oxygens (including phenoxy) is 2. The number of thioether (sulfide) groups is 1. The van der Waals surface area contributed by atoms with Crippen molar-refractivity contribution in [3.8, 4) is 5.75 Å². The summed E-state index contributed by atoms with van der Waals surface area (Å²) < 4.78 is 10.2. The molecule has 7 nitrogen and oxygen atoms in total. The minimum atomic E-state index is -0.586. The number of carbonyl (C=O) groups is 1. The zero-order chi connectivity index (χ0) is 18.8. The van der Waals surface area contributed by atoms with Crippen molar-refractivity contribution in [3.05, 3.63) is 57.0 Å². The quantitative estimate of drug-likeness (QED) is 0.483. The number of rotatable bonds is 4. The van der Waals surface area contributed by atoms with Gasteiger partial charge in [0.05, 0.1) is 31.3 Å². The predicted octanol–water partition coefficient (Wildman–Crippen LogP) is 2.50. The second-order valence-electron chi connectivity index (χ2n) is 5.70. The summed E-state index contributed by atoms with van der Waals surface area (Å²) in [5, 5.41) is 3.58. The van der Waals surface area contributed by atoms with E-state index in [4.69, 9.17) is 9.47 Å². The number of allylic oxidation sites excluding steroid dienone is 1. The molecule has 1 aliphatic heterocycles. The van der Waals surface area contributed by atoms with Crippen LogP contribution < -0.4 is 15.6 Å². The van der Waals surface area contributed by atoms with Crippen LogP contribution in [0.25, 0.3) is 0 Å². The molecule has 1 aromatic heterocycles. The highest BCUT2D eigenvalue weighted by atomic mass is 32.2. The first-order valence-corrected chi connectivity index (χ1v) is 9.10. The van der Waals surface area contributed by atoms with E-state index >= 15 is 0 Å². The van der Waals surface area contributed by atoms with Gasteiger partial charge in [-0.25, -0.2) is 9.78 Å². The van der Waals surface area contributed by atoms with Gasteiger partial charge >= 0.3 is 5.97 Å². The van der Waals surface area contributed by atoms with Crippen LogP contribution in [-0.4, -0.2) is 36.4 Å². The van der Waals surface area contributed by atoms with Gasteiger partial charge in [-0.05, 0) is 30.9 Å². The van der Waals surface area contributed by atoms with Crippen molar-refractivity contribution >= 4 is 23.5 Å². The van der Waals surface area contributed by atoms with Gasteiger partial charge in [-0.2, -0.15) is 0 Å².